The summed E-state index contributed by atoms with van der Waals surface area (Å²) in [6.07, 6.45) is 1.87. The Kier molecular flexibility index (Phi) is 4.60. The normalized spacial score (nSPS) is 31.2. The predicted octanol–water partition coefficient (Wildman–Crippen LogP) is -0.364. The Balaban J connectivity index is 1.98. The summed E-state index contributed by atoms with van der Waals surface area (Å²) in [5.74, 6) is 0. The van der Waals surface area contributed by atoms with Gasteiger partial charge in [-0.1, -0.05) is 0 Å². The van der Waals surface area contributed by atoms with Gasteiger partial charge in [0.1, 0.15) is 0 Å². The van der Waals surface area contributed by atoms with Crippen molar-refractivity contribution in [2.24, 2.45) is 0 Å². The average molecular weight is 277 g/mol. The maximum atomic E-state index is 12.2. The molecule has 2 heterocycles. The van der Waals surface area contributed by atoms with Gasteiger partial charge in [0.25, 0.3) is 10.2 Å². The number of hydrogen-bond donors (Lipinski definition) is 1. The number of likely N-dealkylation sites (N-methyl/N-ethyl adjacent to an activating group) is 1. The zero-order valence-electron chi connectivity index (χ0n) is 11.1. The van der Waals surface area contributed by atoms with Crippen molar-refractivity contribution in [3.05, 3.63) is 0 Å². The van der Waals surface area contributed by atoms with Crippen LogP contribution in [0.2, 0.25) is 0 Å². The Bertz CT molecular complexity index is 368. The molecule has 0 radical (unpaired) electrons. The lowest BCUT2D eigenvalue weighted by Crippen LogP contribution is -2.49. The molecule has 1 N–H and O–H groups in total. The monoisotopic (exact) mass is 277 g/mol. The zero-order chi connectivity index (χ0) is 13.2. The molecule has 6 nitrogen and oxygen atoms in total. The molecule has 0 aromatic heterocycles. The molecule has 0 aromatic rings. The van der Waals surface area contributed by atoms with Gasteiger partial charge in [-0.15, -0.1) is 0 Å². The molecule has 18 heavy (non-hydrogen) atoms. The third-order valence-corrected chi connectivity index (χ3v) is 5.18. The van der Waals surface area contributed by atoms with Crippen molar-refractivity contribution in [3.63, 3.8) is 0 Å². The van der Waals surface area contributed by atoms with Crippen LogP contribution < -0.4 is 4.72 Å². The molecule has 0 aliphatic carbocycles. The SMILES string of the molecule is CCO[C@H]1CN(C)C[C@@H]1NS(=O)(=O)N1CCCC1. The molecule has 2 aliphatic heterocycles. The van der Waals surface area contributed by atoms with Crippen LogP contribution >= 0.6 is 0 Å². The summed E-state index contributed by atoms with van der Waals surface area (Å²) >= 11 is 0. The minimum Gasteiger partial charge on any atom is -0.375 e. The van der Waals surface area contributed by atoms with Crippen molar-refractivity contribution < 1.29 is 13.2 Å². The fourth-order valence-electron chi connectivity index (χ4n) is 2.65. The van der Waals surface area contributed by atoms with E-state index in [1.807, 2.05) is 14.0 Å². The molecular formula is C11H23N3O3S. The van der Waals surface area contributed by atoms with Gasteiger partial charge in [0.05, 0.1) is 12.1 Å². The van der Waals surface area contributed by atoms with E-state index in [1.165, 1.54) is 4.31 Å². The molecule has 0 aromatic carbocycles. The first kappa shape index (κ1) is 14.2. The van der Waals surface area contributed by atoms with E-state index in [1.54, 1.807) is 0 Å². The van der Waals surface area contributed by atoms with Crippen molar-refractivity contribution in [3.8, 4) is 0 Å². The van der Waals surface area contributed by atoms with E-state index >= 15 is 0 Å². The van der Waals surface area contributed by atoms with Crippen molar-refractivity contribution in [2.75, 3.05) is 39.8 Å². The first-order valence-electron chi connectivity index (χ1n) is 6.60. The summed E-state index contributed by atoms with van der Waals surface area (Å²) in [7, 11) is -1.36. The summed E-state index contributed by atoms with van der Waals surface area (Å²) < 4.78 is 34.3. The third kappa shape index (κ3) is 3.21. The topological polar surface area (TPSA) is 61.9 Å². The van der Waals surface area contributed by atoms with Gasteiger partial charge in [-0.2, -0.15) is 17.4 Å². The molecule has 2 saturated heterocycles. The molecule has 7 heteroatoms. The Hall–Kier alpha value is -0.210. The first-order chi connectivity index (χ1) is 8.53. The smallest absolute Gasteiger partial charge is 0.279 e. The maximum Gasteiger partial charge on any atom is 0.279 e. The quantitative estimate of drug-likeness (QED) is 0.745. The Morgan fingerprint density at radius 2 is 1.94 bits per heavy atom. The number of hydrogen-bond acceptors (Lipinski definition) is 4. The highest BCUT2D eigenvalue weighted by atomic mass is 32.2. The molecule has 2 fully saturated rings. The first-order valence-corrected chi connectivity index (χ1v) is 8.04. The number of rotatable bonds is 5. The van der Waals surface area contributed by atoms with E-state index in [9.17, 15) is 8.42 Å². The van der Waals surface area contributed by atoms with Crippen LogP contribution in [-0.4, -0.2) is 69.6 Å². The molecule has 2 aliphatic rings. The van der Waals surface area contributed by atoms with Crippen molar-refractivity contribution in [1.82, 2.24) is 13.9 Å². The summed E-state index contributed by atoms with van der Waals surface area (Å²) in [5, 5.41) is 0. The number of ether oxygens (including phenoxy) is 1. The molecule has 2 rings (SSSR count). The largest absolute Gasteiger partial charge is 0.375 e. The molecule has 2 atom stereocenters. The van der Waals surface area contributed by atoms with Crippen molar-refractivity contribution in [1.29, 1.82) is 0 Å². The van der Waals surface area contributed by atoms with Crippen molar-refractivity contribution in [2.45, 2.75) is 31.9 Å². The second-order valence-electron chi connectivity index (χ2n) is 5.05. The fraction of sp³-hybridized carbons (Fsp3) is 1.00. The summed E-state index contributed by atoms with van der Waals surface area (Å²) in [4.78, 5) is 2.09. The molecular weight excluding hydrogens is 254 g/mol. The van der Waals surface area contributed by atoms with Crippen LogP contribution in [0.5, 0.6) is 0 Å². The molecule has 0 amide bonds. The van der Waals surface area contributed by atoms with E-state index in [4.69, 9.17) is 4.74 Å². The van der Waals surface area contributed by atoms with Crippen LogP contribution in [0.1, 0.15) is 19.8 Å². The fourth-order valence-corrected chi connectivity index (χ4v) is 4.15. The van der Waals surface area contributed by atoms with E-state index in [2.05, 4.69) is 9.62 Å². The van der Waals surface area contributed by atoms with Gasteiger partial charge in [-0.25, -0.2) is 0 Å². The second-order valence-corrected chi connectivity index (χ2v) is 6.75. The van der Waals surface area contributed by atoms with Crippen LogP contribution in [0.4, 0.5) is 0 Å². The number of nitrogens with zero attached hydrogens (tertiary/aromatic N) is 2. The lowest BCUT2D eigenvalue weighted by Gasteiger charge is -2.23. The Morgan fingerprint density at radius 1 is 1.28 bits per heavy atom. The Labute approximate surface area is 109 Å². The van der Waals surface area contributed by atoms with Gasteiger partial charge < -0.3 is 9.64 Å². The number of likely N-dealkylation sites (tertiary alicyclic amines) is 1. The van der Waals surface area contributed by atoms with Crippen molar-refractivity contribution >= 4 is 10.2 Å². The molecule has 0 bridgehead atoms. The minimum atomic E-state index is -3.34. The summed E-state index contributed by atoms with van der Waals surface area (Å²) in [6, 6.07) is -0.138. The maximum absolute atomic E-state index is 12.2. The van der Waals surface area contributed by atoms with Gasteiger partial charge >= 0.3 is 0 Å². The Morgan fingerprint density at radius 3 is 2.56 bits per heavy atom. The third-order valence-electron chi connectivity index (χ3n) is 3.53. The molecule has 0 unspecified atom stereocenters. The van der Waals surface area contributed by atoms with Gasteiger partial charge in [0.15, 0.2) is 0 Å². The molecule has 106 valence electrons. The van der Waals surface area contributed by atoms with Gasteiger partial charge in [0.2, 0.25) is 0 Å². The average Bonchev–Trinajstić information content (AvgIpc) is 2.89. The molecule has 0 saturated carbocycles. The van der Waals surface area contributed by atoms with E-state index in [-0.39, 0.29) is 12.1 Å². The second kappa shape index (κ2) is 5.83. The molecule has 0 spiro atoms. The minimum absolute atomic E-state index is 0.0441. The van der Waals surface area contributed by atoms with Gasteiger partial charge in [0, 0.05) is 32.8 Å². The lowest BCUT2D eigenvalue weighted by molar-refractivity contribution is 0.0586. The predicted molar refractivity (Wildman–Crippen MR) is 69.6 cm³/mol. The highest BCUT2D eigenvalue weighted by Gasteiger charge is 2.36. The summed E-state index contributed by atoms with van der Waals surface area (Å²) in [5.41, 5.74) is 0. The van der Waals surface area contributed by atoms with E-state index in [0.29, 0.717) is 26.2 Å². The van der Waals surface area contributed by atoms with Crippen LogP contribution in [-0.2, 0) is 14.9 Å². The highest BCUT2D eigenvalue weighted by Crippen LogP contribution is 2.16. The van der Waals surface area contributed by atoms with E-state index in [0.717, 1.165) is 19.4 Å². The van der Waals surface area contributed by atoms with Crippen LogP contribution in [0.3, 0.4) is 0 Å². The van der Waals surface area contributed by atoms with Crippen LogP contribution in [0, 0.1) is 0 Å². The lowest BCUT2D eigenvalue weighted by atomic mass is 10.2. The zero-order valence-corrected chi connectivity index (χ0v) is 11.9. The standard InChI is InChI=1S/C11H23N3O3S/c1-3-17-11-9-13(2)8-10(11)12-18(15,16)14-6-4-5-7-14/h10-12H,3-9H2,1-2H3/t10-,11-/m0/s1. The highest BCUT2D eigenvalue weighted by molar-refractivity contribution is 7.87. The number of nitrogens with one attached hydrogen (secondary N) is 1. The van der Waals surface area contributed by atoms with Gasteiger partial charge in [-0.05, 0) is 26.8 Å². The summed E-state index contributed by atoms with van der Waals surface area (Å²) in [6.45, 7) is 5.30. The van der Waals surface area contributed by atoms with Crippen LogP contribution in [0.15, 0.2) is 0 Å². The van der Waals surface area contributed by atoms with Crippen LogP contribution in [0.25, 0.3) is 0 Å². The van der Waals surface area contributed by atoms with Gasteiger partial charge in [-0.3, -0.25) is 0 Å². The van der Waals surface area contributed by atoms with E-state index < -0.39 is 10.2 Å².